The van der Waals surface area contributed by atoms with Crippen molar-refractivity contribution in [2.75, 3.05) is 24.6 Å². The van der Waals surface area contributed by atoms with Crippen LogP contribution in [0, 0.1) is 0 Å². The number of ether oxygens (including phenoxy) is 1. The monoisotopic (exact) mass is 249 g/mol. The quantitative estimate of drug-likeness (QED) is 0.369. The van der Waals surface area contributed by atoms with Crippen LogP contribution in [0.4, 0.5) is 5.69 Å². The van der Waals surface area contributed by atoms with Crippen LogP contribution in [0.1, 0.15) is 19.3 Å². The third-order valence-electron chi connectivity index (χ3n) is 3.03. The molecule has 0 radical (unpaired) electrons. The van der Waals surface area contributed by atoms with E-state index in [1.807, 2.05) is 18.2 Å². The van der Waals surface area contributed by atoms with Gasteiger partial charge in [0.2, 0.25) is 0 Å². The molecule has 5 heteroatoms. The van der Waals surface area contributed by atoms with Gasteiger partial charge in [0.25, 0.3) is 0 Å². The van der Waals surface area contributed by atoms with Crippen LogP contribution in [0.3, 0.4) is 0 Å². The maximum absolute atomic E-state index is 8.50. The molecule has 0 amide bonds. The normalized spacial score (nSPS) is 15.8. The number of nitrogens with two attached hydrogens (primary N) is 1. The number of fused-ring (bicyclic) bond motifs is 1. The Bertz CT molecular complexity index is 420. The second-order valence-electron chi connectivity index (χ2n) is 4.35. The van der Waals surface area contributed by atoms with Crippen molar-refractivity contribution in [2.24, 2.45) is 10.9 Å². The summed E-state index contributed by atoms with van der Waals surface area (Å²) in [5.41, 5.74) is 6.60. The molecule has 0 saturated carbocycles. The number of oxime groups is 1. The summed E-state index contributed by atoms with van der Waals surface area (Å²) in [5.74, 6) is 1.23. The molecule has 2 rings (SSSR count). The van der Waals surface area contributed by atoms with E-state index in [0.29, 0.717) is 6.42 Å². The maximum Gasteiger partial charge on any atom is 0.142 e. The number of para-hydroxylation sites is 2. The highest BCUT2D eigenvalue weighted by atomic mass is 16.5. The van der Waals surface area contributed by atoms with Crippen molar-refractivity contribution < 1.29 is 9.94 Å². The summed E-state index contributed by atoms with van der Waals surface area (Å²) in [4.78, 5) is 2.30. The van der Waals surface area contributed by atoms with Gasteiger partial charge in [-0.05, 0) is 25.0 Å². The van der Waals surface area contributed by atoms with Gasteiger partial charge in [-0.15, -0.1) is 0 Å². The topological polar surface area (TPSA) is 71.1 Å². The number of amidine groups is 1. The summed E-state index contributed by atoms with van der Waals surface area (Å²) in [6.07, 6.45) is 2.48. The summed E-state index contributed by atoms with van der Waals surface area (Å²) in [5, 5.41) is 11.5. The van der Waals surface area contributed by atoms with Crippen molar-refractivity contribution in [3.63, 3.8) is 0 Å². The predicted molar refractivity (Wildman–Crippen MR) is 71.4 cm³/mol. The third-order valence-corrected chi connectivity index (χ3v) is 3.03. The first-order chi connectivity index (χ1) is 8.81. The van der Waals surface area contributed by atoms with Gasteiger partial charge in [0.15, 0.2) is 0 Å². The molecule has 0 aliphatic carbocycles. The minimum atomic E-state index is 0.286. The first kappa shape index (κ1) is 12.5. The van der Waals surface area contributed by atoms with Crippen molar-refractivity contribution in [3.8, 4) is 5.75 Å². The lowest BCUT2D eigenvalue weighted by Gasteiger charge is -2.23. The molecule has 0 spiro atoms. The summed E-state index contributed by atoms with van der Waals surface area (Å²) < 4.78 is 5.70. The van der Waals surface area contributed by atoms with Gasteiger partial charge in [-0.2, -0.15) is 0 Å². The Morgan fingerprint density at radius 1 is 1.44 bits per heavy atom. The number of hydrogen-bond acceptors (Lipinski definition) is 4. The molecule has 1 heterocycles. The van der Waals surface area contributed by atoms with Crippen molar-refractivity contribution in [1.82, 2.24) is 0 Å². The van der Waals surface area contributed by atoms with Gasteiger partial charge in [0, 0.05) is 19.5 Å². The van der Waals surface area contributed by atoms with Gasteiger partial charge in [-0.25, -0.2) is 0 Å². The second-order valence-corrected chi connectivity index (χ2v) is 4.35. The molecule has 1 aromatic rings. The standard InChI is InChI=1S/C13H19N3O2/c14-13(15-17)7-3-8-16-9-4-10-18-12-6-2-1-5-11(12)16/h1-2,5-6,17H,3-4,7-10H2,(H2,14,15). The Labute approximate surface area is 107 Å². The predicted octanol–water partition coefficient (Wildman–Crippen LogP) is 1.80. The van der Waals surface area contributed by atoms with Crippen LogP contribution in [0.2, 0.25) is 0 Å². The Hall–Kier alpha value is -1.91. The minimum absolute atomic E-state index is 0.286. The molecule has 1 aromatic carbocycles. The number of hydrogen-bond donors (Lipinski definition) is 2. The number of anilines is 1. The molecule has 0 unspecified atom stereocenters. The van der Waals surface area contributed by atoms with Crippen LogP contribution in [0.15, 0.2) is 29.4 Å². The van der Waals surface area contributed by atoms with Gasteiger partial charge in [-0.1, -0.05) is 17.3 Å². The van der Waals surface area contributed by atoms with E-state index in [4.69, 9.17) is 15.7 Å². The molecule has 0 fully saturated rings. The second kappa shape index (κ2) is 6.14. The lowest BCUT2D eigenvalue weighted by Crippen LogP contribution is -2.26. The molecule has 0 saturated heterocycles. The number of nitrogens with zero attached hydrogens (tertiary/aromatic N) is 2. The highest BCUT2D eigenvalue weighted by Crippen LogP contribution is 2.30. The molecule has 1 aliphatic heterocycles. The van der Waals surface area contributed by atoms with Crippen LogP contribution in [-0.4, -0.2) is 30.7 Å². The number of benzene rings is 1. The van der Waals surface area contributed by atoms with Crippen LogP contribution in [0.5, 0.6) is 5.75 Å². The van der Waals surface area contributed by atoms with Crippen LogP contribution >= 0.6 is 0 Å². The van der Waals surface area contributed by atoms with E-state index in [1.54, 1.807) is 0 Å². The molecule has 3 N–H and O–H groups in total. The van der Waals surface area contributed by atoms with E-state index in [-0.39, 0.29) is 5.84 Å². The van der Waals surface area contributed by atoms with Crippen LogP contribution < -0.4 is 15.4 Å². The van der Waals surface area contributed by atoms with Gasteiger partial charge < -0.3 is 20.6 Å². The molecule has 0 atom stereocenters. The smallest absolute Gasteiger partial charge is 0.142 e. The van der Waals surface area contributed by atoms with E-state index in [2.05, 4.69) is 16.1 Å². The maximum atomic E-state index is 8.50. The van der Waals surface area contributed by atoms with Crippen molar-refractivity contribution in [1.29, 1.82) is 0 Å². The largest absolute Gasteiger partial charge is 0.491 e. The Morgan fingerprint density at radius 3 is 3.11 bits per heavy atom. The number of rotatable bonds is 4. The van der Waals surface area contributed by atoms with Crippen LogP contribution in [-0.2, 0) is 0 Å². The SMILES string of the molecule is N/C(CCCN1CCCOc2ccccc21)=N/O. The van der Waals surface area contributed by atoms with Crippen LogP contribution in [0.25, 0.3) is 0 Å². The molecule has 18 heavy (non-hydrogen) atoms. The van der Waals surface area contributed by atoms with Gasteiger partial charge in [0.1, 0.15) is 11.6 Å². The highest BCUT2D eigenvalue weighted by Gasteiger charge is 2.15. The Balaban J connectivity index is 2.00. The van der Waals surface area contributed by atoms with Gasteiger partial charge >= 0.3 is 0 Å². The van der Waals surface area contributed by atoms with E-state index in [9.17, 15) is 0 Å². The van der Waals surface area contributed by atoms with E-state index in [0.717, 1.165) is 44.0 Å². The molecule has 0 aromatic heterocycles. The van der Waals surface area contributed by atoms with Gasteiger partial charge in [0.05, 0.1) is 12.3 Å². The van der Waals surface area contributed by atoms with E-state index >= 15 is 0 Å². The lowest BCUT2D eigenvalue weighted by atomic mass is 10.2. The minimum Gasteiger partial charge on any atom is -0.491 e. The fourth-order valence-corrected chi connectivity index (χ4v) is 2.13. The molecular weight excluding hydrogens is 230 g/mol. The molecule has 0 bridgehead atoms. The Kier molecular flexibility index (Phi) is 4.28. The summed E-state index contributed by atoms with van der Waals surface area (Å²) in [7, 11) is 0. The lowest BCUT2D eigenvalue weighted by molar-refractivity contribution is 0.316. The zero-order chi connectivity index (χ0) is 12.8. The average Bonchev–Trinajstić information content (AvgIpc) is 2.61. The first-order valence-corrected chi connectivity index (χ1v) is 6.24. The highest BCUT2D eigenvalue weighted by molar-refractivity contribution is 5.79. The Morgan fingerprint density at radius 2 is 2.28 bits per heavy atom. The van der Waals surface area contributed by atoms with E-state index < -0.39 is 0 Å². The molecular formula is C13H19N3O2. The third kappa shape index (κ3) is 3.06. The molecule has 5 nitrogen and oxygen atoms in total. The summed E-state index contributed by atoms with van der Waals surface area (Å²) in [6.45, 7) is 2.62. The molecule has 98 valence electrons. The first-order valence-electron chi connectivity index (χ1n) is 6.24. The van der Waals surface area contributed by atoms with Crippen molar-refractivity contribution >= 4 is 11.5 Å². The summed E-state index contributed by atoms with van der Waals surface area (Å²) >= 11 is 0. The average molecular weight is 249 g/mol. The van der Waals surface area contributed by atoms with Crippen molar-refractivity contribution in [3.05, 3.63) is 24.3 Å². The fourth-order valence-electron chi connectivity index (χ4n) is 2.13. The van der Waals surface area contributed by atoms with Crippen molar-refractivity contribution in [2.45, 2.75) is 19.3 Å². The fraction of sp³-hybridized carbons (Fsp3) is 0.462. The zero-order valence-corrected chi connectivity index (χ0v) is 10.4. The zero-order valence-electron chi connectivity index (χ0n) is 10.4. The van der Waals surface area contributed by atoms with Gasteiger partial charge in [-0.3, -0.25) is 0 Å². The van der Waals surface area contributed by atoms with E-state index in [1.165, 1.54) is 0 Å². The summed E-state index contributed by atoms with van der Waals surface area (Å²) in [6, 6.07) is 8.07. The molecule has 1 aliphatic rings.